The molecule has 1 N–H and O–H groups in total. The fourth-order valence-corrected chi connectivity index (χ4v) is 3.20. The van der Waals surface area contributed by atoms with Gasteiger partial charge in [-0.2, -0.15) is 0 Å². The smallest absolute Gasteiger partial charge is 0.329 e. The molecule has 0 saturated heterocycles. The maximum atomic E-state index is 12.6. The van der Waals surface area contributed by atoms with E-state index in [2.05, 4.69) is 4.98 Å². The second-order valence-electron chi connectivity index (χ2n) is 6.48. The van der Waals surface area contributed by atoms with Crippen LogP contribution in [0.25, 0.3) is 0 Å². The van der Waals surface area contributed by atoms with E-state index in [0.717, 1.165) is 5.56 Å². The maximum absolute atomic E-state index is 12.6. The molecule has 1 atom stereocenters. The molecule has 0 radical (unpaired) electrons. The Kier molecular flexibility index (Phi) is 6.55. The first-order chi connectivity index (χ1) is 12.4. The number of benzene rings is 1. The van der Waals surface area contributed by atoms with Crippen LogP contribution in [0.5, 0.6) is 0 Å². The first-order valence-corrected chi connectivity index (χ1v) is 8.98. The van der Waals surface area contributed by atoms with Crippen molar-refractivity contribution in [3.63, 3.8) is 0 Å². The van der Waals surface area contributed by atoms with Crippen LogP contribution < -0.4 is 11.2 Å². The van der Waals surface area contributed by atoms with Crippen LogP contribution in [0.4, 0.5) is 0 Å². The van der Waals surface area contributed by atoms with Gasteiger partial charge in [0.15, 0.2) is 0 Å². The summed E-state index contributed by atoms with van der Waals surface area (Å²) in [4.78, 5) is 39.9. The van der Waals surface area contributed by atoms with Gasteiger partial charge in [-0.05, 0) is 24.8 Å². The van der Waals surface area contributed by atoms with Gasteiger partial charge in [-0.3, -0.25) is 14.3 Å². The van der Waals surface area contributed by atoms with Crippen LogP contribution in [0.1, 0.15) is 62.9 Å². The number of nitrogens with zero attached hydrogens (tertiary/aromatic N) is 1. The zero-order valence-corrected chi connectivity index (χ0v) is 15.7. The van der Waals surface area contributed by atoms with Gasteiger partial charge in [0, 0.05) is 17.7 Å². The Morgan fingerprint density at radius 3 is 2.35 bits per heavy atom. The summed E-state index contributed by atoms with van der Waals surface area (Å²) < 4.78 is 6.55. The molecule has 0 bridgehead atoms. The minimum Gasteiger partial charge on any atom is -0.464 e. The van der Waals surface area contributed by atoms with E-state index in [1.165, 1.54) is 4.57 Å². The van der Waals surface area contributed by atoms with Gasteiger partial charge in [0.05, 0.1) is 6.61 Å². The average Bonchev–Trinajstić information content (AvgIpc) is 2.58. The number of nitrogens with one attached hydrogen (secondary N) is 1. The SMILES string of the molecule is CCOC(=O)C(CC)n1c(Cc2ccccc2)c(C(C)C)c(=O)[nH]c1=O. The van der Waals surface area contributed by atoms with Gasteiger partial charge in [-0.1, -0.05) is 51.1 Å². The highest BCUT2D eigenvalue weighted by atomic mass is 16.5. The van der Waals surface area contributed by atoms with Crippen molar-refractivity contribution in [1.29, 1.82) is 0 Å². The van der Waals surface area contributed by atoms with Crippen molar-refractivity contribution in [2.75, 3.05) is 6.61 Å². The molecule has 0 amide bonds. The minimum absolute atomic E-state index is 0.0935. The molecule has 1 aromatic heterocycles. The maximum Gasteiger partial charge on any atom is 0.329 e. The van der Waals surface area contributed by atoms with Crippen molar-refractivity contribution in [3.8, 4) is 0 Å². The van der Waals surface area contributed by atoms with Crippen molar-refractivity contribution < 1.29 is 9.53 Å². The highest BCUT2D eigenvalue weighted by molar-refractivity contribution is 5.74. The molecule has 6 heteroatoms. The van der Waals surface area contributed by atoms with Crippen molar-refractivity contribution in [2.45, 2.75) is 52.5 Å². The Bertz CT molecular complexity index is 866. The summed E-state index contributed by atoms with van der Waals surface area (Å²) in [7, 11) is 0. The van der Waals surface area contributed by atoms with E-state index in [0.29, 0.717) is 24.1 Å². The lowest BCUT2D eigenvalue weighted by molar-refractivity contribution is -0.147. The standard InChI is InChI=1S/C20H26N2O4/c1-5-15(19(24)26-6-2)22-16(12-14-10-8-7-9-11-14)17(13(3)4)18(23)21-20(22)25/h7-11,13,15H,5-6,12H2,1-4H3,(H,21,23,25). The summed E-state index contributed by atoms with van der Waals surface area (Å²) in [6.45, 7) is 7.59. The Hall–Kier alpha value is -2.63. The summed E-state index contributed by atoms with van der Waals surface area (Å²) in [5, 5.41) is 0. The predicted octanol–water partition coefficient (Wildman–Crippen LogP) is 2.77. The first kappa shape index (κ1) is 19.7. The van der Waals surface area contributed by atoms with Crippen LogP contribution in [-0.4, -0.2) is 22.1 Å². The van der Waals surface area contributed by atoms with E-state index in [1.54, 1.807) is 6.92 Å². The van der Waals surface area contributed by atoms with Gasteiger partial charge < -0.3 is 4.74 Å². The van der Waals surface area contributed by atoms with Crippen LogP contribution in [-0.2, 0) is 16.0 Å². The van der Waals surface area contributed by atoms with E-state index in [-0.39, 0.29) is 12.5 Å². The number of ether oxygens (including phenoxy) is 1. The van der Waals surface area contributed by atoms with E-state index in [4.69, 9.17) is 4.74 Å². The molecule has 0 aliphatic carbocycles. The van der Waals surface area contributed by atoms with Crippen LogP contribution in [0.2, 0.25) is 0 Å². The highest BCUT2D eigenvalue weighted by Crippen LogP contribution is 2.22. The Morgan fingerprint density at radius 1 is 1.15 bits per heavy atom. The number of carbonyl (C=O) groups excluding carboxylic acids is 1. The normalized spacial score (nSPS) is 12.2. The summed E-state index contributed by atoms with van der Waals surface area (Å²) in [6, 6.07) is 8.82. The van der Waals surface area contributed by atoms with Gasteiger partial charge in [-0.25, -0.2) is 9.59 Å². The van der Waals surface area contributed by atoms with E-state index < -0.39 is 23.3 Å². The molecule has 1 aromatic carbocycles. The second-order valence-corrected chi connectivity index (χ2v) is 6.48. The molecule has 1 heterocycles. The molecule has 6 nitrogen and oxygen atoms in total. The fourth-order valence-electron chi connectivity index (χ4n) is 3.20. The average molecular weight is 358 g/mol. The van der Waals surface area contributed by atoms with E-state index >= 15 is 0 Å². The Morgan fingerprint density at radius 2 is 1.81 bits per heavy atom. The number of hydrogen-bond donors (Lipinski definition) is 1. The second kappa shape index (κ2) is 8.65. The molecular formula is C20H26N2O4. The quantitative estimate of drug-likeness (QED) is 0.772. The number of aromatic amines is 1. The van der Waals surface area contributed by atoms with Crippen LogP contribution in [0.3, 0.4) is 0 Å². The van der Waals surface area contributed by atoms with Gasteiger partial charge in [0.2, 0.25) is 0 Å². The Balaban J connectivity index is 2.73. The number of rotatable bonds is 7. The van der Waals surface area contributed by atoms with Crippen molar-refractivity contribution in [1.82, 2.24) is 9.55 Å². The largest absolute Gasteiger partial charge is 0.464 e. The monoisotopic (exact) mass is 358 g/mol. The van der Waals surface area contributed by atoms with E-state index in [9.17, 15) is 14.4 Å². The molecule has 0 aliphatic heterocycles. The predicted molar refractivity (Wildman–Crippen MR) is 101 cm³/mol. The first-order valence-electron chi connectivity index (χ1n) is 8.98. The van der Waals surface area contributed by atoms with Gasteiger partial charge in [-0.15, -0.1) is 0 Å². The fraction of sp³-hybridized carbons (Fsp3) is 0.450. The molecule has 140 valence electrons. The molecule has 2 aromatic rings. The third-order valence-corrected chi connectivity index (χ3v) is 4.33. The lowest BCUT2D eigenvalue weighted by atomic mass is 9.97. The van der Waals surface area contributed by atoms with Crippen LogP contribution >= 0.6 is 0 Å². The summed E-state index contributed by atoms with van der Waals surface area (Å²) >= 11 is 0. The molecule has 26 heavy (non-hydrogen) atoms. The molecule has 0 aliphatic rings. The zero-order valence-electron chi connectivity index (χ0n) is 15.7. The molecule has 0 spiro atoms. The number of hydrogen-bond acceptors (Lipinski definition) is 4. The number of esters is 1. The third-order valence-electron chi connectivity index (χ3n) is 4.33. The van der Waals surface area contributed by atoms with Gasteiger partial charge >= 0.3 is 11.7 Å². The van der Waals surface area contributed by atoms with Crippen molar-refractivity contribution >= 4 is 5.97 Å². The molecule has 1 unspecified atom stereocenters. The highest BCUT2D eigenvalue weighted by Gasteiger charge is 2.27. The van der Waals surface area contributed by atoms with Gasteiger partial charge in [0.1, 0.15) is 6.04 Å². The number of aromatic nitrogens is 2. The van der Waals surface area contributed by atoms with Gasteiger partial charge in [0.25, 0.3) is 5.56 Å². The number of H-pyrrole nitrogens is 1. The zero-order chi connectivity index (χ0) is 19.3. The summed E-state index contributed by atoms with van der Waals surface area (Å²) in [5.41, 5.74) is 1.08. The summed E-state index contributed by atoms with van der Waals surface area (Å²) in [6.07, 6.45) is 0.785. The molecule has 0 fully saturated rings. The molecule has 2 rings (SSSR count). The van der Waals surface area contributed by atoms with Crippen LogP contribution in [0, 0.1) is 0 Å². The van der Waals surface area contributed by atoms with E-state index in [1.807, 2.05) is 51.1 Å². The summed E-state index contributed by atoms with van der Waals surface area (Å²) in [5.74, 6) is -0.558. The van der Waals surface area contributed by atoms with Crippen molar-refractivity contribution in [2.24, 2.45) is 0 Å². The third kappa shape index (κ3) is 4.12. The lowest BCUT2D eigenvalue weighted by Gasteiger charge is -2.23. The Labute approximate surface area is 152 Å². The molecule has 0 saturated carbocycles. The molecular weight excluding hydrogens is 332 g/mol. The minimum atomic E-state index is -0.768. The van der Waals surface area contributed by atoms with Crippen LogP contribution in [0.15, 0.2) is 39.9 Å². The topological polar surface area (TPSA) is 81.2 Å². The lowest BCUT2D eigenvalue weighted by Crippen LogP contribution is -2.40. The van der Waals surface area contributed by atoms with Crippen molar-refractivity contribution in [3.05, 3.63) is 68.0 Å². The number of carbonyl (C=O) groups is 1.